The number of hydrogen-bond donors (Lipinski definition) is 2. The molecular formula is C10H12O3. The van der Waals surface area contributed by atoms with Gasteiger partial charge in [0.05, 0.1) is 13.2 Å². The molecule has 0 amide bonds. The molecule has 0 saturated heterocycles. The minimum Gasteiger partial charge on any atom is -0.396 e. The molecule has 0 aliphatic rings. The number of rotatable bonds is 4. The van der Waals surface area contributed by atoms with Crippen molar-refractivity contribution >= 4 is 5.78 Å². The van der Waals surface area contributed by atoms with Crippen molar-refractivity contribution in [2.24, 2.45) is 0 Å². The van der Waals surface area contributed by atoms with Crippen molar-refractivity contribution in [3.05, 3.63) is 35.4 Å². The van der Waals surface area contributed by atoms with E-state index in [0.717, 1.165) is 5.56 Å². The normalized spacial score (nSPS) is 10.0. The number of Topliss-reactive ketones (excluding diaryl/α,β-unsaturated/α-hetero) is 1. The van der Waals surface area contributed by atoms with Crippen molar-refractivity contribution in [2.75, 3.05) is 6.61 Å². The highest BCUT2D eigenvalue weighted by Crippen LogP contribution is 2.06. The summed E-state index contributed by atoms with van der Waals surface area (Å²) >= 11 is 0. The number of aliphatic hydroxyl groups is 2. The molecule has 0 aliphatic heterocycles. The van der Waals surface area contributed by atoms with Crippen LogP contribution >= 0.6 is 0 Å². The van der Waals surface area contributed by atoms with Crippen LogP contribution < -0.4 is 0 Å². The van der Waals surface area contributed by atoms with Crippen LogP contribution in [0.15, 0.2) is 24.3 Å². The van der Waals surface area contributed by atoms with Gasteiger partial charge in [0.1, 0.15) is 0 Å². The van der Waals surface area contributed by atoms with Crippen LogP contribution in [0.3, 0.4) is 0 Å². The number of hydrogen-bond acceptors (Lipinski definition) is 3. The van der Waals surface area contributed by atoms with E-state index in [1.165, 1.54) is 0 Å². The molecule has 70 valence electrons. The summed E-state index contributed by atoms with van der Waals surface area (Å²) in [5, 5.41) is 17.3. The van der Waals surface area contributed by atoms with Gasteiger partial charge in [-0.05, 0) is 5.56 Å². The summed E-state index contributed by atoms with van der Waals surface area (Å²) in [6, 6.07) is 6.71. The summed E-state index contributed by atoms with van der Waals surface area (Å²) in [5.74, 6) is -0.0769. The molecule has 13 heavy (non-hydrogen) atoms. The summed E-state index contributed by atoms with van der Waals surface area (Å²) < 4.78 is 0. The zero-order valence-corrected chi connectivity index (χ0v) is 7.23. The van der Waals surface area contributed by atoms with Gasteiger partial charge >= 0.3 is 0 Å². The molecule has 1 aromatic rings. The fourth-order valence-electron chi connectivity index (χ4n) is 1.04. The molecule has 0 aliphatic carbocycles. The number of benzene rings is 1. The minimum atomic E-state index is -0.124. The third-order valence-electron chi connectivity index (χ3n) is 1.80. The summed E-state index contributed by atoms with van der Waals surface area (Å²) in [5.41, 5.74) is 1.35. The van der Waals surface area contributed by atoms with E-state index in [0.29, 0.717) is 5.56 Å². The number of carbonyl (C=O) groups is 1. The molecule has 0 radical (unpaired) electrons. The summed E-state index contributed by atoms with van der Waals surface area (Å²) in [6.45, 7) is -0.144. The van der Waals surface area contributed by atoms with E-state index in [1.54, 1.807) is 24.3 Å². The second-order valence-electron chi connectivity index (χ2n) is 2.75. The predicted octanol–water partition coefficient (Wildman–Crippen LogP) is 0.744. The van der Waals surface area contributed by atoms with Crippen LogP contribution in [0, 0.1) is 0 Å². The first kappa shape index (κ1) is 9.89. The highest BCUT2D eigenvalue weighted by atomic mass is 16.3. The second-order valence-corrected chi connectivity index (χ2v) is 2.75. The Morgan fingerprint density at radius 3 is 2.23 bits per heavy atom. The van der Waals surface area contributed by atoms with Crippen LogP contribution in [-0.4, -0.2) is 22.6 Å². The lowest BCUT2D eigenvalue weighted by molar-refractivity contribution is 0.0956. The third-order valence-corrected chi connectivity index (χ3v) is 1.80. The lowest BCUT2D eigenvalue weighted by Gasteiger charge is -1.99. The minimum absolute atomic E-state index is 0.0194. The van der Waals surface area contributed by atoms with Gasteiger partial charge in [0.15, 0.2) is 5.78 Å². The first-order valence-electron chi connectivity index (χ1n) is 4.12. The van der Waals surface area contributed by atoms with Gasteiger partial charge in [-0.25, -0.2) is 0 Å². The van der Waals surface area contributed by atoms with E-state index in [4.69, 9.17) is 10.2 Å². The Hall–Kier alpha value is -1.19. The van der Waals surface area contributed by atoms with Crippen molar-refractivity contribution < 1.29 is 15.0 Å². The van der Waals surface area contributed by atoms with E-state index >= 15 is 0 Å². The monoisotopic (exact) mass is 180 g/mol. The van der Waals surface area contributed by atoms with E-state index in [1.807, 2.05) is 0 Å². The van der Waals surface area contributed by atoms with Gasteiger partial charge < -0.3 is 10.2 Å². The van der Waals surface area contributed by atoms with Crippen LogP contribution in [0.25, 0.3) is 0 Å². The van der Waals surface area contributed by atoms with E-state index in [9.17, 15) is 4.79 Å². The van der Waals surface area contributed by atoms with Crippen molar-refractivity contribution in [1.82, 2.24) is 0 Å². The van der Waals surface area contributed by atoms with E-state index in [-0.39, 0.29) is 25.4 Å². The van der Waals surface area contributed by atoms with Crippen LogP contribution in [0.5, 0.6) is 0 Å². The molecule has 0 atom stereocenters. The average molecular weight is 180 g/mol. The summed E-state index contributed by atoms with van der Waals surface area (Å²) in [4.78, 5) is 11.2. The smallest absolute Gasteiger partial charge is 0.165 e. The van der Waals surface area contributed by atoms with Gasteiger partial charge in [0, 0.05) is 12.0 Å². The predicted molar refractivity (Wildman–Crippen MR) is 48.4 cm³/mol. The molecule has 0 fully saturated rings. The Morgan fingerprint density at radius 1 is 1.15 bits per heavy atom. The maximum Gasteiger partial charge on any atom is 0.165 e. The van der Waals surface area contributed by atoms with Gasteiger partial charge in [-0.3, -0.25) is 4.79 Å². The molecule has 0 aromatic heterocycles. The number of carbonyl (C=O) groups excluding carboxylic acids is 1. The maximum absolute atomic E-state index is 11.2. The molecule has 3 heteroatoms. The Balaban J connectivity index is 2.74. The first-order chi connectivity index (χ1) is 6.27. The van der Waals surface area contributed by atoms with Crippen molar-refractivity contribution in [1.29, 1.82) is 0 Å². The zero-order chi connectivity index (χ0) is 9.68. The maximum atomic E-state index is 11.2. The van der Waals surface area contributed by atoms with E-state index < -0.39 is 0 Å². The Labute approximate surface area is 76.6 Å². The molecule has 0 heterocycles. The lowest BCUT2D eigenvalue weighted by Crippen LogP contribution is -2.01. The SMILES string of the molecule is O=C(CCO)c1ccc(CO)cc1. The average Bonchev–Trinajstić information content (AvgIpc) is 2.18. The molecule has 1 aromatic carbocycles. The topological polar surface area (TPSA) is 57.5 Å². The second kappa shape index (κ2) is 4.74. The molecule has 0 spiro atoms. The van der Waals surface area contributed by atoms with Crippen LogP contribution in [-0.2, 0) is 6.61 Å². The van der Waals surface area contributed by atoms with Crippen LogP contribution in [0.4, 0.5) is 0 Å². The van der Waals surface area contributed by atoms with Gasteiger partial charge in [0.25, 0.3) is 0 Å². The molecule has 2 N–H and O–H groups in total. The van der Waals surface area contributed by atoms with Crippen molar-refractivity contribution in [2.45, 2.75) is 13.0 Å². The molecular weight excluding hydrogens is 168 g/mol. The van der Waals surface area contributed by atoms with Crippen molar-refractivity contribution in [3.63, 3.8) is 0 Å². The quantitative estimate of drug-likeness (QED) is 0.672. The molecule has 0 unspecified atom stereocenters. The van der Waals surface area contributed by atoms with Crippen LogP contribution in [0.1, 0.15) is 22.3 Å². The first-order valence-corrected chi connectivity index (χ1v) is 4.12. The lowest BCUT2D eigenvalue weighted by atomic mass is 10.1. The number of ketones is 1. The van der Waals surface area contributed by atoms with Gasteiger partial charge in [-0.15, -0.1) is 0 Å². The fraction of sp³-hybridized carbons (Fsp3) is 0.300. The van der Waals surface area contributed by atoms with E-state index in [2.05, 4.69) is 0 Å². The largest absolute Gasteiger partial charge is 0.396 e. The standard InChI is InChI=1S/C10H12O3/c11-6-5-10(13)9-3-1-8(7-12)2-4-9/h1-4,11-12H,5-7H2. The molecule has 0 saturated carbocycles. The molecule has 1 rings (SSSR count). The van der Waals surface area contributed by atoms with Gasteiger partial charge in [-0.2, -0.15) is 0 Å². The highest BCUT2D eigenvalue weighted by molar-refractivity contribution is 5.96. The highest BCUT2D eigenvalue weighted by Gasteiger charge is 2.03. The Bertz CT molecular complexity index is 277. The zero-order valence-electron chi connectivity index (χ0n) is 7.23. The molecule has 3 nitrogen and oxygen atoms in total. The Kier molecular flexibility index (Phi) is 3.61. The van der Waals surface area contributed by atoms with Gasteiger partial charge in [-0.1, -0.05) is 24.3 Å². The summed E-state index contributed by atoms with van der Waals surface area (Å²) in [6.07, 6.45) is 0.151. The van der Waals surface area contributed by atoms with Crippen molar-refractivity contribution in [3.8, 4) is 0 Å². The van der Waals surface area contributed by atoms with Gasteiger partial charge in [0.2, 0.25) is 0 Å². The fourth-order valence-corrected chi connectivity index (χ4v) is 1.04. The third kappa shape index (κ3) is 2.65. The molecule has 0 bridgehead atoms. The van der Waals surface area contributed by atoms with Crippen LogP contribution in [0.2, 0.25) is 0 Å². The summed E-state index contributed by atoms with van der Waals surface area (Å²) in [7, 11) is 0. The number of aliphatic hydroxyl groups excluding tert-OH is 2. The Morgan fingerprint density at radius 2 is 1.77 bits per heavy atom.